The van der Waals surface area contributed by atoms with Crippen molar-refractivity contribution in [2.24, 2.45) is 7.05 Å². The van der Waals surface area contributed by atoms with Crippen molar-refractivity contribution in [3.05, 3.63) is 30.0 Å². The largest absolute Gasteiger partial charge is 0.372 e. The zero-order valence-corrected chi connectivity index (χ0v) is 14.8. The highest BCUT2D eigenvalue weighted by Crippen LogP contribution is 2.36. The molecule has 0 radical (unpaired) electrons. The fourth-order valence-electron chi connectivity index (χ4n) is 3.59. The van der Waals surface area contributed by atoms with Crippen LogP contribution in [-0.4, -0.2) is 46.3 Å². The summed E-state index contributed by atoms with van der Waals surface area (Å²) in [5.41, 5.74) is 1.68. The molecule has 0 saturated carbocycles. The van der Waals surface area contributed by atoms with E-state index >= 15 is 4.39 Å². The number of hydrogen-bond acceptors (Lipinski definition) is 6. The third kappa shape index (κ3) is 2.57. The Kier molecular flexibility index (Phi) is 3.99. The van der Waals surface area contributed by atoms with Crippen molar-refractivity contribution in [3.63, 3.8) is 0 Å². The zero-order chi connectivity index (χ0) is 18.4. The molecule has 3 aromatic rings. The van der Waals surface area contributed by atoms with Crippen molar-refractivity contribution in [1.29, 1.82) is 0 Å². The van der Waals surface area contributed by atoms with Crippen LogP contribution in [0.4, 0.5) is 10.1 Å². The van der Waals surface area contributed by atoms with Gasteiger partial charge < -0.3 is 18.7 Å². The van der Waals surface area contributed by atoms with Crippen LogP contribution in [0.3, 0.4) is 0 Å². The fourth-order valence-corrected chi connectivity index (χ4v) is 3.59. The molecule has 7 nitrogen and oxygen atoms in total. The van der Waals surface area contributed by atoms with Crippen molar-refractivity contribution in [2.45, 2.75) is 26.1 Å². The van der Waals surface area contributed by atoms with Gasteiger partial charge in [-0.25, -0.2) is 9.37 Å². The average molecular weight is 358 g/mol. The van der Waals surface area contributed by atoms with Crippen molar-refractivity contribution < 1.29 is 18.4 Å². The minimum absolute atomic E-state index is 0.0357. The van der Waals surface area contributed by atoms with Gasteiger partial charge in [0.05, 0.1) is 41.5 Å². The second kappa shape index (κ2) is 6.21. The maximum absolute atomic E-state index is 15.3. The summed E-state index contributed by atoms with van der Waals surface area (Å²) < 4.78 is 28.1. The number of imidazole rings is 1. The number of fused-ring (bicyclic) bond motifs is 1. The van der Waals surface area contributed by atoms with Crippen LogP contribution >= 0.6 is 0 Å². The molecule has 0 bridgehead atoms. The fraction of sp³-hybridized carbons (Fsp3) is 0.389. The molecule has 26 heavy (non-hydrogen) atoms. The first-order valence-corrected chi connectivity index (χ1v) is 8.43. The summed E-state index contributed by atoms with van der Waals surface area (Å²) in [6, 6.07) is 1.63. The molecule has 1 aliphatic rings. The van der Waals surface area contributed by atoms with Gasteiger partial charge in [0, 0.05) is 25.7 Å². The number of halogens is 1. The molecular weight excluding hydrogens is 339 g/mol. The molecule has 8 heteroatoms. The van der Waals surface area contributed by atoms with E-state index in [-0.39, 0.29) is 29.0 Å². The van der Waals surface area contributed by atoms with Crippen LogP contribution in [0.25, 0.3) is 22.4 Å². The normalized spacial score (nSPS) is 20.7. The average Bonchev–Trinajstić information content (AvgIpc) is 3.19. The molecule has 1 aliphatic heterocycles. The van der Waals surface area contributed by atoms with E-state index in [1.807, 2.05) is 25.8 Å². The molecule has 4 rings (SSSR count). The highest BCUT2D eigenvalue weighted by molar-refractivity contribution is 5.99. The summed E-state index contributed by atoms with van der Waals surface area (Å²) in [4.78, 5) is 17.6. The van der Waals surface area contributed by atoms with Gasteiger partial charge in [-0.15, -0.1) is 0 Å². The van der Waals surface area contributed by atoms with E-state index in [9.17, 15) is 4.79 Å². The number of aromatic nitrogens is 3. The zero-order valence-electron chi connectivity index (χ0n) is 14.8. The van der Waals surface area contributed by atoms with E-state index in [2.05, 4.69) is 10.1 Å². The summed E-state index contributed by atoms with van der Waals surface area (Å²) in [5.74, 6) is -0.577. The molecule has 136 valence electrons. The summed E-state index contributed by atoms with van der Waals surface area (Å²) in [5, 5.41) is 4.47. The minimum atomic E-state index is -0.577. The number of rotatable bonds is 3. The van der Waals surface area contributed by atoms with Crippen molar-refractivity contribution >= 4 is 22.9 Å². The Morgan fingerprint density at radius 2 is 2.04 bits per heavy atom. The Hall–Kier alpha value is -2.74. The van der Waals surface area contributed by atoms with E-state index in [0.717, 1.165) is 0 Å². The number of nitrogens with zero attached hydrogens (tertiary/aromatic N) is 4. The Morgan fingerprint density at radius 3 is 2.65 bits per heavy atom. The van der Waals surface area contributed by atoms with Gasteiger partial charge in [0.1, 0.15) is 5.69 Å². The summed E-state index contributed by atoms with van der Waals surface area (Å²) >= 11 is 0. The standard InChI is InChI=1S/C18H19FN4O3/c1-10-6-23(7-11(2)25-10)17-12(8-24)4-13-16(14-5-20-9-22(14)3)21-26-18(13)15(17)19/h4-5,8-11H,6-7H2,1-3H3. The molecule has 1 aromatic carbocycles. The molecule has 2 unspecified atom stereocenters. The Bertz CT molecular complexity index is 970. The van der Waals surface area contributed by atoms with Gasteiger partial charge in [-0.3, -0.25) is 4.79 Å². The third-order valence-corrected chi connectivity index (χ3v) is 4.63. The maximum atomic E-state index is 15.3. The van der Waals surface area contributed by atoms with Crippen LogP contribution in [0, 0.1) is 5.82 Å². The van der Waals surface area contributed by atoms with E-state index in [4.69, 9.17) is 9.26 Å². The Balaban J connectivity index is 1.89. The summed E-state index contributed by atoms with van der Waals surface area (Å²) in [7, 11) is 1.81. The second-order valence-electron chi connectivity index (χ2n) is 6.71. The first-order chi connectivity index (χ1) is 12.5. The number of carbonyl (C=O) groups is 1. The van der Waals surface area contributed by atoms with Crippen LogP contribution in [-0.2, 0) is 11.8 Å². The monoisotopic (exact) mass is 358 g/mol. The first-order valence-electron chi connectivity index (χ1n) is 8.43. The molecule has 0 amide bonds. The molecule has 2 atom stereocenters. The van der Waals surface area contributed by atoms with Gasteiger partial charge in [-0.1, -0.05) is 5.16 Å². The quantitative estimate of drug-likeness (QED) is 0.671. The molecule has 0 N–H and O–H groups in total. The lowest BCUT2D eigenvalue weighted by Crippen LogP contribution is -2.46. The minimum Gasteiger partial charge on any atom is -0.372 e. The molecule has 1 saturated heterocycles. The number of carbonyl (C=O) groups excluding carboxylic acids is 1. The molecule has 0 spiro atoms. The van der Waals surface area contributed by atoms with Crippen LogP contribution in [0.15, 0.2) is 23.1 Å². The van der Waals surface area contributed by atoms with Crippen LogP contribution in [0.1, 0.15) is 24.2 Å². The number of anilines is 1. The number of hydrogen-bond donors (Lipinski definition) is 0. The molecule has 1 fully saturated rings. The molecule has 2 aromatic heterocycles. The van der Waals surface area contributed by atoms with Gasteiger partial charge in [-0.05, 0) is 19.9 Å². The van der Waals surface area contributed by atoms with Gasteiger partial charge in [-0.2, -0.15) is 0 Å². The molecular formula is C18H19FN4O3. The van der Waals surface area contributed by atoms with E-state index in [1.165, 1.54) is 0 Å². The molecule has 3 heterocycles. The number of aldehydes is 1. The number of morpholine rings is 1. The summed E-state index contributed by atoms with van der Waals surface area (Å²) in [6.07, 6.45) is 3.79. The lowest BCUT2D eigenvalue weighted by Gasteiger charge is -2.37. The Labute approximate surface area is 149 Å². The Morgan fingerprint density at radius 1 is 1.31 bits per heavy atom. The highest BCUT2D eigenvalue weighted by atomic mass is 19.1. The predicted molar refractivity (Wildman–Crippen MR) is 93.8 cm³/mol. The smallest absolute Gasteiger partial charge is 0.205 e. The van der Waals surface area contributed by atoms with Crippen molar-refractivity contribution in [3.8, 4) is 11.4 Å². The van der Waals surface area contributed by atoms with Crippen molar-refractivity contribution in [2.75, 3.05) is 18.0 Å². The van der Waals surface area contributed by atoms with E-state index in [1.54, 1.807) is 23.2 Å². The first kappa shape index (κ1) is 16.7. The number of ether oxygens (including phenoxy) is 1. The highest BCUT2D eigenvalue weighted by Gasteiger charge is 2.29. The van der Waals surface area contributed by atoms with Gasteiger partial charge in [0.25, 0.3) is 0 Å². The SMILES string of the molecule is CC1CN(c2c(C=O)cc3c(-c4cncn4C)noc3c2F)CC(C)O1. The van der Waals surface area contributed by atoms with E-state index < -0.39 is 5.82 Å². The maximum Gasteiger partial charge on any atom is 0.205 e. The third-order valence-electron chi connectivity index (χ3n) is 4.63. The van der Waals surface area contributed by atoms with Gasteiger partial charge in [0.2, 0.25) is 5.58 Å². The lowest BCUT2D eigenvalue weighted by molar-refractivity contribution is -0.00543. The molecule has 0 aliphatic carbocycles. The van der Waals surface area contributed by atoms with Crippen LogP contribution in [0.5, 0.6) is 0 Å². The number of aryl methyl sites for hydroxylation is 1. The van der Waals surface area contributed by atoms with Crippen LogP contribution < -0.4 is 4.90 Å². The van der Waals surface area contributed by atoms with Crippen LogP contribution in [0.2, 0.25) is 0 Å². The van der Waals surface area contributed by atoms with E-state index in [0.29, 0.717) is 36.1 Å². The van der Waals surface area contributed by atoms with Gasteiger partial charge in [0.15, 0.2) is 12.1 Å². The van der Waals surface area contributed by atoms with Gasteiger partial charge >= 0.3 is 0 Å². The number of benzene rings is 1. The lowest BCUT2D eigenvalue weighted by atomic mass is 10.0. The summed E-state index contributed by atoms with van der Waals surface area (Å²) in [6.45, 7) is 4.84. The predicted octanol–water partition coefficient (Wildman–Crippen LogP) is 2.79. The second-order valence-corrected chi connectivity index (χ2v) is 6.71. The topological polar surface area (TPSA) is 73.4 Å². The van der Waals surface area contributed by atoms with Crippen molar-refractivity contribution in [1.82, 2.24) is 14.7 Å².